The number of halogens is 2. The fourth-order valence-electron chi connectivity index (χ4n) is 2.13. The van der Waals surface area contributed by atoms with Gasteiger partial charge in [-0.05, 0) is 26.0 Å². The van der Waals surface area contributed by atoms with Gasteiger partial charge in [-0.3, -0.25) is 10.9 Å². The Morgan fingerprint density at radius 2 is 1.82 bits per heavy atom. The summed E-state index contributed by atoms with van der Waals surface area (Å²) >= 11 is 0. The van der Waals surface area contributed by atoms with Crippen molar-refractivity contribution in [3.05, 3.63) is 29.8 Å². The van der Waals surface area contributed by atoms with Crippen molar-refractivity contribution in [3.63, 3.8) is 0 Å². The first-order chi connectivity index (χ1) is 8.09. The number of anilines is 1. The highest BCUT2D eigenvalue weighted by atomic mass is 19.2. The molecule has 3 nitrogen and oxygen atoms in total. The lowest BCUT2D eigenvalue weighted by Crippen LogP contribution is -2.30. The third-order valence-electron chi connectivity index (χ3n) is 3.30. The zero-order chi connectivity index (χ0) is 12.4. The summed E-state index contributed by atoms with van der Waals surface area (Å²) in [5, 5.41) is 2.96. The number of rotatable bonds is 3. The van der Waals surface area contributed by atoms with Gasteiger partial charge in [-0.2, -0.15) is 0 Å². The van der Waals surface area contributed by atoms with Gasteiger partial charge >= 0.3 is 0 Å². The quantitative estimate of drug-likeness (QED) is 0.756. The molecule has 94 valence electrons. The van der Waals surface area contributed by atoms with Crippen molar-refractivity contribution in [1.82, 2.24) is 10.9 Å². The number of hydrogen-bond acceptors (Lipinski definition) is 3. The van der Waals surface area contributed by atoms with Crippen molar-refractivity contribution in [2.24, 2.45) is 5.92 Å². The van der Waals surface area contributed by atoms with Crippen LogP contribution in [0.3, 0.4) is 0 Å². The van der Waals surface area contributed by atoms with Crippen LogP contribution in [0.4, 0.5) is 14.5 Å². The molecule has 0 radical (unpaired) electrons. The summed E-state index contributed by atoms with van der Waals surface area (Å²) in [6.07, 6.45) is 0. The molecule has 2 unspecified atom stereocenters. The number of hydrazine groups is 1. The molecular weight excluding hydrogens is 224 g/mol. The van der Waals surface area contributed by atoms with Gasteiger partial charge in [0.15, 0.2) is 11.6 Å². The molecule has 0 saturated carbocycles. The highest BCUT2D eigenvalue weighted by Gasteiger charge is 2.29. The van der Waals surface area contributed by atoms with Gasteiger partial charge in [0.1, 0.15) is 0 Å². The molecule has 2 atom stereocenters. The SMILES string of the molecule is CC1NNC(C)C1CNc1cccc(F)c1F. The Kier molecular flexibility index (Phi) is 3.59. The Labute approximate surface area is 99.6 Å². The lowest BCUT2D eigenvalue weighted by molar-refractivity contribution is 0.463. The van der Waals surface area contributed by atoms with Gasteiger partial charge in [-0.15, -0.1) is 0 Å². The summed E-state index contributed by atoms with van der Waals surface area (Å²) in [6.45, 7) is 4.72. The third-order valence-corrected chi connectivity index (χ3v) is 3.30. The molecule has 1 aromatic rings. The van der Waals surface area contributed by atoms with Crippen molar-refractivity contribution in [1.29, 1.82) is 0 Å². The van der Waals surface area contributed by atoms with Crippen LogP contribution < -0.4 is 16.2 Å². The van der Waals surface area contributed by atoms with E-state index < -0.39 is 11.6 Å². The average molecular weight is 241 g/mol. The van der Waals surface area contributed by atoms with Crippen LogP contribution in [0.25, 0.3) is 0 Å². The second-order valence-electron chi connectivity index (χ2n) is 4.51. The highest BCUT2D eigenvalue weighted by Crippen LogP contribution is 2.19. The van der Waals surface area contributed by atoms with Gasteiger partial charge in [-0.1, -0.05) is 6.07 Å². The van der Waals surface area contributed by atoms with E-state index in [2.05, 4.69) is 30.0 Å². The van der Waals surface area contributed by atoms with Gasteiger partial charge in [0.25, 0.3) is 0 Å². The molecule has 1 aliphatic rings. The minimum Gasteiger partial charge on any atom is -0.382 e. The lowest BCUT2D eigenvalue weighted by atomic mass is 9.96. The predicted octanol–water partition coefficient (Wildman–Crippen LogP) is 1.88. The first kappa shape index (κ1) is 12.3. The Bertz CT molecular complexity index is 387. The smallest absolute Gasteiger partial charge is 0.181 e. The molecule has 0 bridgehead atoms. The van der Waals surface area contributed by atoms with Crippen molar-refractivity contribution in [2.75, 3.05) is 11.9 Å². The first-order valence-corrected chi connectivity index (χ1v) is 5.78. The molecule has 1 aromatic carbocycles. The molecule has 5 heteroatoms. The Morgan fingerprint density at radius 3 is 2.47 bits per heavy atom. The van der Waals surface area contributed by atoms with Crippen LogP contribution in [0.5, 0.6) is 0 Å². The molecule has 1 heterocycles. The molecule has 17 heavy (non-hydrogen) atoms. The summed E-state index contributed by atoms with van der Waals surface area (Å²) in [7, 11) is 0. The van der Waals surface area contributed by atoms with Gasteiger partial charge < -0.3 is 5.32 Å². The van der Waals surface area contributed by atoms with E-state index in [-0.39, 0.29) is 5.69 Å². The molecule has 0 aliphatic carbocycles. The van der Waals surface area contributed by atoms with E-state index in [1.54, 1.807) is 6.07 Å². The van der Waals surface area contributed by atoms with E-state index in [1.165, 1.54) is 6.07 Å². The standard InChI is InChI=1S/C12H17F2N3/c1-7-9(8(2)17-16-7)6-15-11-5-3-4-10(13)12(11)14/h3-5,7-9,15-17H,6H2,1-2H3. The van der Waals surface area contributed by atoms with Crippen molar-refractivity contribution < 1.29 is 8.78 Å². The fraction of sp³-hybridized carbons (Fsp3) is 0.500. The average Bonchev–Trinajstić information content (AvgIpc) is 2.62. The van der Waals surface area contributed by atoms with E-state index in [0.717, 1.165) is 6.07 Å². The first-order valence-electron chi connectivity index (χ1n) is 5.78. The lowest BCUT2D eigenvalue weighted by Gasteiger charge is -2.19. The molecule has 0 aromatic heterocycles. The minimum atomic E-state index is -0.821. The van der Waals surface area contributed by atoms with Crippen molar-refractivity contribution in [3.8, 4) is 0 Å². The summed E-state index contributed by atoms with van der Waals surface area (Å²) < 4.78 is 26.4. The monoisotopic (exact) mass is 241 g/mol. The van der Waals surface area contributed by atoms with Gasteiger partial charge in [-0.25, -0.2) is 8.78 Å². The molecule has 1 fully saturated rings. The molecular formula is C12H17F2N3. The zero-order valence-corrected chi connectivity index (χ0v) is 9.93. The zero-order valence-electron chi connectivity index (χ0n) is 9.93. The summed E-state index contributed by atoms with van der Waals surface area (Å²) in [4.78, 5) is 0. The van der Waals surface area contributed by atoms with Crippen LogP contribution in [-0.2, 0) is 0 Å². The van der Waals surface area contributed by atoms with E-state index in [9.17, 15) is 8.78 Å². The molecule has 1 aliphatic heterocycles. The topological polar surface area (TPSA) is 36.1 Å². The van der Waals surface area contributed by atoms with Crippen LogP contribution in [0.15, 0.2) is 18.2 Å². The second-order valence-corrected chi connectivity index (χ2v) is 4.51. The van der Waals surface area contributed by atoms with Crippen molar-refractivity contribution >= 4 is 5.69 Å². The molecule has 2 rings (SSSR count). The number of hydrogen-bond donors (Lipinski definition) is 3. The molecule has 1 saturated heterocycles. The van der Waals surface area contributed by atoms with Gasteiger partial charge in [0, 0.05) is 24.5 Å². The second kappa shape index (κ2) is 4.98. The van der Waals surface area contributed by atoms with E-state index in [1.807, 2.05) is 0 Å². The maximum atomic E-state index is 13.4. The predicted molar refractivity (Wildman–Crippen MR) is 63.5 cm³/mol. The van der Waals surface area contributed by atoms with Gasteiger partial charge in [0.05, 0.1) is 5.69 Å². The third kappa shape index (κ3) is 2.56. The van der Waals surface area contributed by atoms with Crippen LogP contribution in [-0.4, -0.2) is 18.6 Å². The van der Waals surface area contributed by atoms with Crippen LogP contribution >= 0.6 is 0 Å². The van der Waals surface area contributed by atoms with E-state index in [0.29, 0.717) is 24.5 Å². The molecule has 0 spiro atoms. The van der Waals surface area contributed by atoms with Gasteiger partial charge in [0.2, 0.25) is 0 Å². The summed E-state index contributed by atoms with van der Waals surface area (Å²) in [5.41, 5.74) is 6.47. The van der Waals surface area contributed by atoms with Crippen LogP contribution in [0, 0.1) is 17.6 Å². The minimum absolute atomic E-state index is 0.219. The van der Waals surface area contributed by atoms with Crippen LogP contribution in [0.2, 0.25) is 0 Å². The number of nitrogens with one attached hydrogen (secondary N) is 3. The normalized spacial score (nSPS) is 28.4. The Hall–Kier alpha value is -1.20. The van der Waals surface area contributed by atoms with E-state index >= 15 is 0 Å². The molecule has 3 N–H and O–H groups in total. The Balaban J connectivity index is 2.00. The fourth-order valence-corrected chi connectivity index (χ4v) is 2.13. The van der Waals surface area contributed by atoms with Crippen LogP contribution in [0.1, 0.15) is 13.8 Å². The largest absolute Gasteiger partial charge is 0.382 e. The van der Waals surface area contributed by atoms with Crippen molar-refractivity contribution in [2.45, 2.75) is 25.9 Å². The van der Waals surface area contributed by atoms with E-state index in [4.69, 9.17) is 0 Å². The number of benzene rings is 1. The maximum Gasteiger partial charge on any atom is 0.181 e. The molecule has 0 amide bonds. The summed E-state index contributed by atoms with van der Waals surface area (Å²) in [5.74, 6) is -1.30. The Morgan fingerprint density at radius 1 is 1.18 bits per heavy atom. The maximum absolute atomic E-state index is 13.4. The highest BCUT2D eigenvalue weighted by molar-refractivity contribution is 5.45. The summed E-state index contributed by atoms with van der Waals surface area (Å²) in [6, 6.07) is 4.76.